The molecule has 26 heavy (non-hydrogen) atoms. The molecule has 0 aromatic heterocycles. The van der Waals surface area contributed by atoms with Crippen LogP contribution in [0.5, 0.6) is 0 Å². The van der Waals surface area contributed by atoms with Gasteiger partial charge < -0.3 is 15.0 Å². The van der Waals surface area contributed by atoms with Crippen LogP contribution >= 0.6 is 0 Å². The van der Waals surface area contributed by atoms with E-state index < -0.39 is 12.1 Å². The summed E-state index contributed by atoms with van der Waals surface area (Å²) < 4.78 is 4.71. The predicted molar refractivity (Wildman–Crippen MR) is 99.3 cm³/mol. The van der Waals surface area contributed by atoms with Gasteiger partial charge in [0.15, 0.2) is 0 Å². The van der Waals surface area contributed by atoms with E-state index in [0.717, 1.165) is 29.5 Å². The van der Waals surface area contributed by atoms with Gasteiger partial charge in [0.05, 0.1) is 13.2 Å². The van der Waals surface area contributed by atoms with Gasteiger partial charge in [-0.3, -0.25) is 4.79 Å². The third-order valence-electron chi connectivity index (χ3n) is 4.78. The molecule has 5 heteroatoms. The van der Waals surface area contributed by atoms with Crippen LogP contribution in [0.2, 0.25) is 0 Å². The SMILES string of the molecule is [CH2]c1ccccc1[C@@H]1CCCN1C(=O)[C@H](NC(=O)OC)c1ccccc1. The number of hydrogen-bond acceptors (Lipinski definition) is 3. The number of likely N-dealkylation sites (tertiary alicyclic amines) is 1. The number of amides is 2. The average molecular weight is 351 g/mol. The predicted octanol–water partition coefficient (Wildman–Crippen LogP) is 3.63. The molecule has 0 aliphatic carbocycles. The van der Waals surface area contributed by atoms with E-state index in [4.69, 9.17) is 4.74 Å². The summed E-state index contributed by atoms with van der Waals surface area (Å²) in [4.78, 5) is 27.0. The Labute approximate surface area is 154 Å². The number of methoxy groups -OCH3 is 1. The number of nitrogens with one attached hydrogen (secondary N) is 1. The normalized spacial score (nSPS) is 17.6. The molecule has 2 aromatic carbocycles. The van der Waals surface area contributed by atoms with E-state index in [1.165, 1.54) is 7.11 Å². The Morgan fingerprint density at radius 1 is 1.15 bits per heavy atom. The standard InChI is InChI=1S/C21H23N2O3/c1-15-9-6-7-12-17(15)18-13-8-14-23(18)20(24)19(22-21(25)26-2)16-10-4-3-5-11-16/h3-7,9-12,18-19H,1,8,13-14H2,2H3,(H,22,25)/t18-,19+/m0/s1. The topological polar surface area (TPSA) is 58.6 Å². The molecule has 2 amide bonds. The highest BCUT2D eigenvalue weighted by Crippen LogP contribution is 2.35. The van der Waals surface area contributed by atoms with Crippen LogP contribution in [0.3, 0.4) is 0 Å². The second-order valence-electron chi connectivity index (χ2n) is 6.37. The third-order valence-corrected chi connectivity index (χ3v) is 4.78. The number of carbonyl (C=O) groups is 2. The number of rotatable bonds is 4. The van der Waals surface area contributed by atoms with Crippen molar-refractivity contribution in [2.24, 2.45) is 0 Å². The fourth-order valence-corrected chi connectivity index (χ4v) is 3.49. The Hall–Kier alpha value is -2.82. The summed E-state index contributed by atoms with van der Waals surface area (Å²) in [5, 5.41) is 2.68. The fourth-order valence-electron chi connectivity index (χ4n) is 3.49. The Morgan fingerprint density at radius 2 is 1.85 bits per heavy atom. The first-order valence-corrected chi connectivity index (χ1v) is 8.72. The molecule has 0 saturated carbocycles. The zero-order valence-electron chi connectivity index (χ0n) is 14.9. The van der Waals surface area contributed by atoms with Crippen LogP contribution in [0.15, 0.2) is 54.6 Å². The molecule has 1 heterocycles. The van der Waals surface area contributed by atoms with Crippen LogP contribution in [0.25, 0.3) is 0 Å². The maximum Gasteiger partial charge on any atom is 0.407 e. The van der Waals surface area contributed by atoms with E-state index in [1.54, 1.807) is 0 Å². The van der Waals surface area contributed by atoms with E-state index in [1.807, 2.05) is 59.5 Å². The number of carbonyl (C=O) groups excluding carboxylic acids is 2. The Balaban J connectivity index is 1.90. The van der Waals surface area contributed by atoms with Crippen molar-refractivity contribution in [2.75, 3.05) is 13.7 Å². The smallest absolute Gasteiger partial charge is 0.407 e. The summed E-state index contributed by atoms with van der Waals surface area (Å²) >= 11 is 0. The Morgan fingerprint density at radius 3 is 2.54 bits per heavy atom. The van der Waals surface area contributed by atoms with Crippen LogP contribution < -0.4 is 5.32 Å². The van der Waals surface area contributed by atoms with Gasteiger partial charge in [0.2, 0.25) is 5.91 Å². The van der Waals surface area contributed by atoms with Crippen LogP contribution in [-0.2, 0) is 9.53 Å². The first-order valence-electron chi connectivity index (χ1n) is 8.72. The molecule has 2 atom stereocenters. The molecule has 1 aliphatic heterocycles. The molecule has 1 aliphatic rings. The largest absolute Gasteiger partial charge is 0.453 e. The molecule has 1 fully saturated rings. The molecular formula is C21H23N2O3. The number of hydrogen-bond donors (Lipinski definition) is 1. The summed E-state index contributed by atoms with van der Waals surface area (Å²) in [6, 6.07) is 16.3. The van der Waals surface area contributed by atoms with Gasteiger partial charge in [-0.25, -0.2) is 4.79 Å². The summed E-state index contributed by atoms with van der Waals surface area (Å²) in [5.74, 6) is -0.132. The lowest BCUT2D eigenvalue weighted by atomic mass is 9.98. The molecule has 3 rings (SSSR count). The van der Waals surface area contributed by atoms with Crippen molar-refractivity contribution in [3.8, 4) is 0 Å². The molecular weight excluding hydrogens is 328 g/mol. The maximum absolute atomic E-state index is 13.3. The molecule has 0 spiro atoms. The molecule has 2 aromatic rings. The van der Waals surface area contributed by atoms with Crippen molar-refractivity contribution in [3.05, 3.63) is 78.2 Å². The van der Waals surface area contributed by atoms with Gasteiger partial charge in [-0.2, -0.15) is 0 Å². The van der Waals surface area contributed by atoms with Gasteiger partial charge in [-0.05, 0) is 36.5 Å². The molecule has 1 N–H and O–H groups in total. The van der Waals surface area contributed by atoms with E-state index in [-0.39, 0.29) is 11.9 Å². The van der Waals surface area contributed by atoms with Crippen molar-refractivity contribution < 1.29 is 14.3 Å². The quantitative estimate of drug-likeness (QED) is 0.915. The lowest BCUT2D eigenvalue weighted by Gasteiger charge is -2.30. The Bertz CT molecular complexity index is 776. The van der Waals surface area contributed by atoms with Gasteiger partial charge in [0.1, 0.15) is 6.04 Å². The van der Waals surface area contributed by atoms with Crippen molar-refractivity contribution in [1.82, 2.24) is 10.2 Å². The second kappa shape index (κ2) is 8.04. The summed E-state index contributed by atoms with van der Waals surface area (Å²) in [5.41, 5.74) is 2.72. The summed E-state index contributed by atoms with van der Waals surface area (Å²) in [6.07, 6.45) is 1.18. The zero-order valence-corrected chi connectivity index (χ0v) is 14.9. The van der Waals surface area contributed by atoms with Crippen molar-refractivity contribution in [3.63, 3.8) is 0 Å². The Kier molecular flexibility index (Phi) is 5.56. The number of benzene rings is 2. The number of alkyl carbamates (subject to hydrolysis) is 1. The van der Waals surface area contributed by atoms with Crippen molar-refractivity contribution in [2.45, 2.75) is 24.9 Å². The van der Waals surface area contributed by atoms with E-state index in [0.29, 0.717) is 6.54 Å². The van der Waals surface area contributed by atoms with Crippen LogP contribution in [0, 0.1) is 6.92 Å². The van der Waals surface area contributed by atoms with Gasteiger partial charge >= 0.3 is 6.09 Å². The monoisotopic (exact) mass is 351 g/mol. The van der Waals surface area contributed by atoms with Gasteiger partial charge in [0.25, 0.3) is 0 Å². The summed E-state index contributed by atoms with van der Waals surface area (Å²) in [6.45, 7) is 4.75. The zero-order chi connectivity index (χ0) is 18.5. The van der Waals surface area contributed by atoms with E-state index in [2.05, 4.69) is 12.2 Å². The van der Waals surface area contributed by atoms with Gasteiger partial charge in [-0.15, -0.1) is 0 Å². The minimum atomic E-state index is -0.777. The lowest BCUT2D eigenvalue weighted by molar-refractivity contribution is -0.134. The maximum atomic E-state index is 13.3. The van der Waals surface area contributed by atoms with E-state index >= 15 is 0 Å². The highest BCUT2D eigenvalue weighted by Gasteiger charge is 2.36. The second-order valence-corrected chi connectivity index (χ2v) is 6.37. The highest BCUT2D eigenvalue weighted by atomic mass is 16.5. The van der Waals surface area contributed by atoms with Crippen LogP contribution in [-0.4, -0.2) is 30.6 Å². The molecule has 1 saturated heterocycles. The van der Waals surface area contributed by atoms with Crippen LogP contribution in [0.4, 0.5) is 4.79 Å². The summed E-state index contributed by atoms with van der Waals surface area (Å²) in [7, 11) is 1.29. The third kappa shape index (κ3) is 3.72. The average Bonchev–Trinajstić information content (AvgIpc) is 3.16. The van der Waals surface area contributed by atoms with Gasteiger partial charge in [-0.1, -0.05) is 54.6 Å². The number of nitrogens with zero attached hydrogens (tertiary/aromatic N) is 1. The fraction of sp³-hybridized carbons (Fsp3) is 0.286. The van der Waals surface area contributed by atoms with Crippen molar-refractivity contribution in [1.29, 1.82) is 0 Å². The minimum Gasteiger partial charge on any atom is -0.453 e. The minimum absolute atomic E-state index is 0.0261. The highest BCUT2D eigenvalue weighted by molar-refractivity contribution is 5.87. The molecule has 0 bridgehead atoms. The molecule has 0 unspecified atom stereocenters. The molecule has 5 nitrogen and oxygen atoms in total. The van der Waals surface area contributed by atoms with Gasteiger partial charge in [0, 0.05) is 6.54 Å². The van der Waals surface area contributed by atoms with Crippen LogP contribution in [0.1, 0.15) is 41.6 Å². The first-order chi connectivity index (χ1) is 12.6. The number of ether oxygens (including phenoxy) is 1. The molecule has 135 valence electrons. The lowest BCUT2D eigenvalue weighted by Crippen LogP contribution is -2.42. The first kappa shape index (κ1) is 18.0. The van der Waals surface area contributed by atoms with E-state index in [9.17, 15) is 9.59 Å². The molecule has 1 radical (unpaired) electrons. The van der Waals surface area contributed by atoms with Crippen molar-refractivity contribution >= 4 is 12.0 Å².